The van der Waals surface area contributed by atoms with Gasteiger partial charge in [-0.2, -0.15) is 0 Å². The summed E-state index contributed by atoms with van der Waals surface area (Å²) in [6, 6.07) is -0.352. The van der Waals surface area contributed by atoms with Crippen LogP contribution >= 0.6 is 0 Å². The van der Waals surface area contributed by atoms with Gasteiger partial charge in [-0.05, 0) is 81.3 Å². The number of fused-ring (bicyclic) bond motifs is 2. The number of anilines is 1. The number of likely N-dealkylation sites (N-methyl/N-ethyl adjacent to an activating group) is 1. The van der Waals surface area contributed by atoms with Crippen molar-refractivity contribution in [2.24, 2.45) is 29.6 Å². The van der Waals surface area contributed by atoms with Gasteiger partial charge in [0.05, 0.1) is 53.6 Å². The minimum atomic E-state index is -4.37. The Labute approximate surface area is 412 Å². The first-order valence-electron chi connectivity index (χ1n) is 24.5. The highest BCUT2D eigenvalue weighted by Crippen LogP contribution is 2.48. The number of carbonyl (C=O) groups excluding carboxylic acids is 3. The Morgan fingerprint density at radius 2 is 1.59 bits per heavy atom. The maximum Gasteiger partial charge on any atom is 0.325 e. The Morgan fingerprint density at radius 1 is 0.914 bits per heavy atom. The van der Waals surface area contributed by atoms with Crippen molar-refractivity contribution in [2.45, 2.75) is 191 Å². The van der Waals surface area contributed by atoms with Gasteiger partial charge in [0.2, 0.25) is 0 Å². The normalized spacial score (nSPS) is 41.5. The first-order chi connectivity index (χ1) is 32.7. The van der Waals surface area contributed by atoms with Gasteiger partial charge in [-0.15, -0.1) is 0 Å². The number of sulfone groups is 1. The van der Waals surface area contributed by atoms with Gasteiger partial charge < -0.3 is 63.3 Å². The van der Waals surface area contributed by atoms with E-state index in [1.807, 2.05) is 32.8 Å². The van der Waals surface area contributed by atoms with Gasteiger partial charge in [-0.1, -0.05) is 27.7 Å². The van der Waals surface area contributed by atoms with E-state index in [1.165, 1.54) is 33.8 Å². The first-order valence-corrected chi connectivity index (χ1v) is 26.2. The van der Waals surface area contributed by atoms with Gasteiger partial charge in [-0.25, -0.2) is 23.4 Å². The van der Waals surface area contributed by atoms with Crippen LogP contribution in [-0.2, 0) is 68.7 Å². The van der Waals surface area contributed by atoms with Crippen LogP contribution < -0.4 is 5.73 Å². The number of hydrogen-bond acceptors (Lipinski definition) is 20. The van der Waals surface area contributed by atoms with Gasteiger partial charge in [0.25, 0.3) is 0 Å². The van der Waals surface area contributed by atoms with Crippen LogP contribution in [0.2, 0.25) is 0 Å². The molecule has 6 rings (SSSR count). The first kappa shape index (κ1) is 55.9. The maximum absolute atomic E-state index is 15.1. The molecule has 22 heteroatoms. The Hall–Kier alpha value is -3.45. The van der Waals surface area contributed by atoms with Crippen LogP contribution in [0.15, 0.2) is 12.7 Å². The van der Waals surface area contributed by atoms with E-state index in [-0.39, 0.29) is 56.0 Å². The third-order valence-electron chi connectivity index (χ3n) is 15.9. The third kappa shape index (κ3) is 10.8. The van der Waals surface area contributed by atoms with Crippen LogP contribution in [0.5, 0.6) is 0 Å². The summed E-state index contributed by atoms with van der Waals surface area (Å²) >= 11 is 0. The lowest BCUT2D eigenvalue weighted by Crippen LogP contribution is -2.61. The van der Waals surface area contributed by atoms with E-state index in [2.05, 4.69) is 15.0 Å². The fourth-order valence-corrected chi connectivity index (χ4v) is 13.8. The highest BCUT2D eigenvalue weighted by atomic mass is 32.2. The minimum absolute atomic E-state index is 0.00655. The fraction of sp³-hybridized carbons (Fsp3) is 0.833. The van der Waals surface area contributed by atoms with Crippen molar-refractivity contribution in [3.05, 3.63) is 12.7 Å². The molecule has 4 N–H and O–H groups in total. The lowest BCUT2D eigenvalue weighted by atomic mass is 9.70. The average molecular weight is 1010 g/mol. The number of aromatic nitrogens is 4. The predicted molar refractivity (Wildman–Crippen MR) is 254 cm³/mol. The molecule has 0 aromatic carbocycles. The summed E-state index contributed by atoms with van der Waals surface area (Å²) in [5, 5.41) is 21.1. The number of esters is 2. The zero-order chi connectivity index (χ0) is 52.0. The molecule has 0 saturated carbocycles. The van der Waals surface area contributed by atoms with Crippen LogP contribution in [0.4, 0.5) is 5.82 Å². The van der Waals surface area contributed by atoms with Crippen molar-refractivity contribution in [1.82, 2.24) is 24.4 Å². The van der Waals surface area contributed by atoms with Crippen molar-refractivity contribution < 1.29 is 70.9 Å². The number of aliphatic hydroxyl groups excluding tert-OH is 2. The summed E-state index contributed by atoms with van der Waals surface area (Å²) < 4.78 is 82.1. The number of aliphatic hydroxyl groups is 2. The highest BCUT2D eigenvalue weighted by Gasteiger charge is 2.65. The monoisotopic (exact) mass is 1010 g/mol. The van der Waals surface area contributed by atoms with E-state index in [9.17, 15) is 28.2 Å². The Balaban J connectivity index is 1.43. The molecule has 0 radical (unpaired) electrons. The molecule has 4 aliphatic rings. The number of nitrogen functional groups attached to an aromatic ring is 1. The molecule has 19 atom stereocenters. The predicted octanol–water partition coefficient (Wildman–Crippen LogP) is 2.86. The zero-order valence-electron chi connectivity index (χ0n) is 43.3. The average Bonchev–Trinajstić information content (AvgIpc) is 3.85. The standard InChI is InChI=1S/C48H78N6O15S/c1-15-31-48(10)33(38(44(59)69-48)70(60,61)18-16-17-54-23-52-34-41(49)50-22-51-42(34)54)26(4)35(55)24(2)20-47(9,63-14)40(68-45-36(56)30(53(11)12)19-25(3)64-45)27(5)37(28(6)43(58)66-31)67-32-21-46(8,62-13)39(57)29(7)65-32/h22-33,36-40,45,56-57H,15-21H2,1-14H3,(H2,49,50,51)/t24-,25-,26+,27+,28-,29-,30+,31-,32+,33?,36-,37+,38?,39+,40-,45+,46-,47-,48-/m1/s1. The van der Waals surface area contributed by atoms with E-state index >= 15 is 4.79 Å². The number of Topliss-reactive ketones (excluding diaryl/α,β-unsaturated/α-hetero) is 1. The molecular formula is C48H78N6O15S. The number of ketones is 1. The van der Waals surface area contributed by atoms with Crippen LogP contribution in [0.1, 0.15) is 101 Å². The van der Waals surface area contributed by atoms with Crippen molar-refractivity contribution in [3.8, 4) is 0 Å². The van der Waals surface area contributed by atoms with Crippen LogP contribution in [0, 0.1) is 29.6 Å². The smallest absolute Gasteiger partial charge is 0.325 e. The van der Waals surface area contributed by atoms with Crippen LogP contribution in [0.3, 0.4) is 0 Å². The Morgan fingerprint density at radius 3 is 2.21 bits per heavy atom. The number of imidazole rings is 1. The highest BCUT2D eigenvalue weighted by molar-refractivity contribution is 7.92. The van der Waals surface area contributed by atoms with Crippen LogP contribution in [-0.4, -0.2) is 178 Å². The molecule has 4 aliphatic heterocycles. The molecular weight excluding hydrogens is 933 g/mol. The molecule has 70 heavy (non-hydrogen) atoms. The number of nitrogens with zero attached hydrogens (tertiary/aromatic N) is 5. The SMILES string of the molecule is CC[C@H]1OC(=O)[C@H](C)[C@@H](O[C@H]2C[C@@](C)(OC)[C@@H](O)[C@@H](C)O2)[C@H](C)[C@@H](O[C@@H]2O[C@H](C)C[C@H](N(C)C)[C@H]2O)[C@](C)(OC)C[C@@H](C)C(=O)[C@@H](C)C2C(S(=O)(=O)CCCn3cnc4c(N)ncnc43)C(=O)O[C@@]21C. The molecule has 4 saturated heterocycles. The lowest BCUT2D eigenvalue weighted by Gasteiger charge is -2.50. The van der Waals surface area contributed by atoms with E-state index < -0.39 is 128 Å². The summed E-state index contributed by atoms with van der Waals surface area (Å²) in [7, 11) is 2.30. The van der Waals surface area contributed by atoms with Crippen LogP contribution in [0.25, 0.3) is 11.2 Å². The molecule has 0 spiro atoms. The van der Waals surface area contributed by atoms with Gasteiger partial charge in [0, 0.05) is 56.9 Å². The zero-order valence-corrected chi connectivity index (χ0v) is 44.1. The van der Waals surface area contributed by atoms with Gasteiger partial charge in [0.1, 0.15) is 35.9 Å². The second-order valence-corrected chi connectivity index (χ2v) is 23.3. The van der Waals surface area contributed by atoms with E-state index in [1.54, 1.807) is 53.0 Å². The van der Waals surface area contributed by atoms with Crippen molar-refractivity contribution in [1.29, 1.82) is 0 Å². The number of cyclic esters (lactones) is 1. The summed E-state index contributed by atoms with van der Waals surface area (Å²) in [5.41, 5.74) is 2.46. The fourth-order valence-electron chi connectivity index (χ4n) is 11.7. The van der Waals surface area contributed by atoms with E-state index in [4.69, 9.17) is 43.6 Å². The summed E-state index contributed by atoms with van der Waals surface area (Å²) in [6.45, 7) is 17.2. The molecule has 6 heterocycles. The van der Waals surface area contributed by atoms with Crippen molar-refractivity contribution in [3.63, 3.8) is 0 Å². The third-order valence-corrected chi connectivity index (χ3v) is 18.0. The Bertz CT molecular complexity index is 2290. The summed E-state index contributed by atoms with van der Waals surface area (Å²) in [4.78, 5) is 58.8. The van der Waals surface area contributed by atoms with Gasteiger partial charge in [0.15, 0.2) is 44.7 Å². The number of methoxy groups -OCH3 is 2. The van der Waals surface area contributed by atoms with Crippen molar-refractivity contribution in [2.75, 3.05) is 39.8 Å². The lowest BCUT2D eigenvalue weighted by molar-refractivity contribution is -0.319. The summed E-state index contributed by atoms with van der Waals surface area (Å²) in [5.74, 6) is -7.74. The molecule has 2 unspecified atom stereocenters. The number of rotatable bonds is 13. The molecule has 0 bridgehead atoms. The van der Waals surface area contributed by atoms with Gasteiger partial charge in [-0.3, -0.25) is 14.4 Å². The van der Waals surface area contributed by atoms with Gasteiger partial charge >= 0.3 is 11.9 Å². The molecule has 2 aromatic heterocycles. The number of carbonyl (C=O) groups is 3. The topological polar surface area (TPSA) is 273 Å². The molecule has 0 amide bonds. The molecule has 4 fully saturated rings. The molecule has 396 valence electrons. The molecule has 21 nitrogen and oxygen atoms in total. The second-order valence-electron chi connectivity index (χ2n) is 21.1. The number of nitrogens with two attached hydrogens (primary N) is 1. The number of hydrogen-bond donors (Lipinski definition) is 3. The minimum Gasteiger partial charge on any atom is -0.458 e. The van der Waals surface area contributed by atoms with Crippen molar-refractivity contribution >= 4 is 44.5 Å². The summed E-state index contributed by atoms with van der Waals surface area (Å²) in [6.07, 6.45) is -5.41. The quantitative estimate of drug-likeness (QED) is 0.243. The molecule has 0 aliphatic carbocycles. The van der Waals surface area contributed by atoms with E-state index in [0.29, 0.717) is 17.6 Å². The molecule has 2 aromatic rings. The number of ether oxygens (including phenoxy) is 8. The van der Waals surface area contributed by atoms with E-state index in [0.717, 1.165) is 0 Å². The largest absolute Gasteiger partial charge is 0.458 e. The second kappa shape index (κ2) is 21.6. The maximum atomic E-state index is 15.1. The number of aryl methyl sites for hydroxylation is 1. The Kier molecular flexibility index (Phi) is 17.2.